The van der Waals surface area contributed by atoms with Gasteiger partial charge in [-0.2, -0.15) is 0 Å². The normalized spacial score (nSPS) is 30.9. The SMILES string of the molecule is CCN1CC(C)CN(C)C1. The lowest BCUT2D eigenvalue weighted by molar-refractivity contribution is 0.0775. The van der Waals surface area contributed by atoms with Gasteiger partial charge in [0.2, 0.25) is 0 Å². The molecule has 60 valence electrons. The zero-order valence-corrected chi connectivity index (χ0v) is 7.30. The summed E-state index contributed by atoms with van der Waals surface area (Å²) in [6.45, 7) is 9.43. The van der Waals surface area contributed by atoms with Crippen LogP contribution in [0.3, 0.4) is 0 Å². The maximum Gasteiger partial charge on any atom is 0.0503 e. The third kappa shape index (κ3) is 1.96. The molecule has 1 aliphatic heterocycles. The summed E-state index contributed by atoms with van der Waals surface area (Å²) in [5, 5.41) is 0. The maximum atomic E-state index is 2.48. The molecule has 1 atom stereocenters. The highest BCUT2D eigenvalue weighted by Gasteiger charge is 2.17. The summed E-state index contributed by atoms with van der Waals surface area (Å²) >= 11 is 0. The Morgan fingerprint density at radius 3 is 2.60 bits per heavy atom. The third-order valence-corrected chi connectivity index (χ3v) is 2.08. The Labute approximate surface area is 63.8 Å². The molecule has 2 nitrogen and oxygen atoms in total. The van der Waals surface area contributed by atoms with E-state index in [1.165, 1.54) is 19.6 Å². The zero-order chi connectivity index (χ0) is 7.56. The average Bonchev–Trinajstić information content (AvgIpc) is 1.85. The molecule has 1 fully saturated rings. The molecular weight excluding hydrogens is 124 g/mol. The van der Waals surface area contributed by atoms with Crippen molar-refractivity contribution in [2.24, 2.45) is 5.92 Å². The highest BCUT2D eigenvalue weighted by molar-refractivity contribution is 4.69. The monoisotopic (exact) mass is 142 g/mol. The molecule has 0 spiro atoms. The van der Waals surface area contributed by atoms with E-state index in [9.17, 15) is 0 Å². The van der Waals surface area contributed by atoms with E-state index in [-0.39, 0.29) is 0 Å². The minimum Gasteiger partial charge on any atom is -0.293 e. The first-order valence-electron chi connectivity index (χ1n) is 4.13. The summed E-state index contributed by atoms with van der Waals surface area (Å²) < 4.78 is 0. The van der Waals surface area contributed by atoms with Gasteiger partial charge in [-0.25, -0.2) is 0 Å². The Kier molecular flexibility index (Phi) is 2.69. The number of hydrogen-bond donors (Lipinski definition) is 0. The van der Waals surface area contributed by atoms with Crippen LogP contribution in [-0.4, -0.2) is 43.2 Å². The minimum atomic E-state index is 0.846. The fourth-order valence-corrected chi connectivity index (χ4v) is 1.72. The summed E-state index contributed by atoms with van der Waals surface area (Å²) in [7, 11) is 2.19. The van der Waals surface area contributed by atoms with Gasteiger partial charge in [0, 0.05) is 13.1 Å². The lowest BCUT2D eigenvalue weighted by Crippen LogP contribution is -2.46. The second-order valence-corrected chi connectivity index (χ2v) is 3.45. The van der Waals surface area contributed by atoms with Crippen LogP contribution in [0.2, 0.25) is 0 Å². The summed E-state index contributed by atoms with van der Waals surface area (Å²) in [6.07, 6.45) is 0. The van der Waals surface area contributed by atoms with Gasteiger partial charge in [0.15, 0.2) is 0 Å². The fraction of sp³-hybridized carbons (Fsp3) is 1.00. The van der Waals surface area contributed by atoms with E-state index < -0.39 is 0 Å². The van der Waals surface area contributed by atoms with E-state index in [0.29, 0.717) is 0 Å². The van der Waals surface area contributed by atoms with Crippen molar-refractivity contribution in [1.82, 2.24) is 9.80 Å². The molecule has 1 heterocycles. The van der Waals surface area contributed by atoms with Crippen LogP contribution in [0.15, 0.2) is 0 Å². The lowest BCUT2D eigenvalue weighted by atomic mass is 10.1. The predicted molar refractivity (Wildman–Crippen MR) is 43.9 cm³/mol. The molecule has 0 bridgehead atoms. The molecule has 0 amide bonds. The Hall–Kier alpha value is -0.0800. The van der Waals surface area contributed by atoms with Gasteiger partial charge in [-0.05, 0) is 19.5 Å². The number of hydrogen-bond acceptors (Lipinski definition) is 2. The fourth-order valence-electron chi connectivity index (χ4n) is 1.72. The van der Waals surface area contributed by atoms with Crippen LogP contribution < -0.4 is 0 Å². The second-order valence-electron chi connectivity index (χ2n) is 3.45. The molecule has 0 aromatic carbocycles. The largest absolute Gasteiger partial charge is 0.293 e. The quantitative estimate of drug-likeness (QED) is 0.535. The van der Waals surface area contributed by atoms with Gasteiger partial charge < -0.3 is 0 Å². The van der Waals surface area contributed by atoms with Gasteiger partial charge in [-0.3, -0.25) is 9.80 Å². The summed E-state index contributed by atoms with van der Waals surface area (Å²) in [5.41, 5.74) is 0. The number of nitrogens with zero attached hydrogens (tertiary/aromatic N) is 2. The van der Waals surface area contributed by atoms with Crippen molar-refractivity contribution in [3.05, 3.63) is 0 Å². The standard InChI is InChI=1S/C8H18N2/c1-4-10-6-8(2)5-9(3)7-10/h8H,4-7H2,1-3H3. The van der Waals surface area contributed by atoms with Crippen LogP contribution in [0.1, 0.15) is 13.8 Å². The molecule has 1 aliphatic rings. The summed E-state index contributed by atoms with van der Waals surface area (Å²) in [4.78, 5) is 4.87. The van der Waals surface area contributed by atoms with Crippen molar-refractivity contribution in [2.75, 3.05) is 33.4 Å². The topological polar surface area (TPSA) is 6.48 Å². The predicted octanol–water partition coefficient (Wildman–Crippen LogP) is 0.847. The van der Waals surface area contributed by atoms with Gasteiger partial charge in [0.25, 0.3) is 0 Å². The zero-order valence-electron chi connectivity index (χ0n) is 7.30. The van der Waals surface area contributed by atoms with Crippen molar-refractivity contribution in [3.63, 3.8) is 0 Å². The second kappa shape index (κ2) is 3.35. The van der Waals surface area contributed by atoms with Crippen LogP contribution in [0.5, 0.6) is 0 Å². The molecule has 10 heavy (non-hydrogen) atoms. The summed E-state index contributed by atoms with van der Waals surface area (Å²) in [5.74, 6) is 0.846. The van der Waals surface area contributed by atoms with Gasteiger partial charge in [-0.15, -0.1) is 0 Å². The Balaban J connectivity index is 2.35. The van der Waals surface area contributed by atoms with Gasteiger partial charge in [0.05, 0.1) is 6.67 Å². The van der Waals surface area contributed by atoms with Crippen molar-refractivity contribution < 1.29 is 0 Å². The van der Waals surface area contributed by atoms with E-state index >= 15 is 0 Å². The van der Waals surface area contributed by atoms with Crippen molar-refractivity contribution in [2.45, 2.75) is 13.8 Å². The van der Waals surface area contributed by atoms with E-state index in [4.69, 9.17) is 0 Å². The van der Waals surface area contributed by atoms with E-state index in [1.54, 1.807) is 0 Å². The van der Waals surface area contributed by atoms with Crippen LogP contribution >= 0.6 is 0 Å². The molecule has 2 heteroatoms. The molecule has 1 rings (SSSR count). The van der Waals surface area contributed by atoms with E-state index in [0.717, 1.165) is 12.6 Å². The highest BCUT2D eigenvalue weighted by atomic mass is 15.3. The molecule has 0 aliphatic carbocycles. The molecule has 0 radical (unpaired) electrons. The number of rotatable bonds is 1. The van der Waals surface area contributed by atoms with Crippen molar-refractivity contribution >= 4 is 0 Å². The molecule has 0 N–H and O–H groups in total. The van der Waals surface area contributed by atoms with Crippen molar-refractivity contribution in [3.8, 4) is 0 Å². The first kappa shape index (κ1) is 8.02. The van der Waals surface area contributed by atoms with Crippen LogP contribution in [0.25, 0.3) is 0 Å². The molecule has 0 aromatic heterocycles. The smallest absolute Gasteiger partial charge is 0.0503 e. The molecule has 1 unspecified atom stereocenters. The van der Waals surface area contributed by atoms with E-state index in [2.05, 4.69) is 30.7 Å². The molecule has 1 saturated heterocycles. The first-order chi connectivity index (χ1) is 4.72. The van der Waals surface area contributed by atoms with Crippen LogP contribution in [0.4, 0.5) is 0 Å². The summed E-state index contributed by atoms with van der Waals surface area (Å²) in [6, 6.07) is 0. The molecular formula is C8H18N2. The van der Waals surface area contributed by atoms with Gasteiger partial charge in [-0.1, -0.05) is 13.8 Å². The van der Waals surface area contributed by atoms with Gasteiger partial charge in [0.1, 0.15) is 0 Å². The molecule has 0 saturated carbocycles. The van der Waals surface area contributed by atoms with E-state index in [1.807, 2.05) is 0 Å². The third-order valence-electron chi connectivity index (χ3n) is 2.08. The lowest BCUT2D eigenvalue weighted by Gasteiger charge is -2.36. The average molecular weight is 142 g/mol. The Morgan fingerprint density at radius 1 is 1.40 bits per heavy atom. The Morgan fingerprint density at radius 2 is 2.10 bits per heavy atom. The first-order valence-corrected chi connectivity index (χ1v) is 4.13. The van der Waals surface area contributed by atoms with Crippen LogP contribution in [0, 0.1) is 5.92 Å². The molecule has 0 aromatic rings. The Bertz CT molecular complexity index is 93.4. The minimum absolute atomic E-state index is 0.846. The van der Waals surface area contributed by atoms with Crippen molar-refractivity contribution in [1.29, 1.82) is 0 Å². The van der Waals surface area contributed by atoms with Crippen LogP contribution in [-0.2, 0) is 0 Å². The van der Waals surface area contributed by atoms with Gasteiger partial charge >= 0.3 is 0 Å². The highest BCUT2D eigenvalue weighted by Crippen LogP contribution is 2.08. The maximum absolute atomic E-state index is 2.48.